The van der Waals surface area contributed by atoms with Gasteiger partial charge in [0.05, 0.1) is 21.6 Å². The third-order valence-corrected chi connectivity index (χ3v) is 5.82. The Kier molecular flexibility index (Phi) is 4.79. The van der Waals surface area contributed by atoms with Gasteiger partial charge in [-0.2, -0.15) is 0 Å². The van der Waals surface area contributed by atoms with Crippen LogP contribution in [0.5, 0.6) is 0 Å². The number of nitrogens with zero attached hydrogens (tertiary/aromatic N) is 2. The van der Waals surface area contributed by atoms with E-state index in [1.54, 1.807) is 12.4 Å². The maximum atomic E-state index is 13.2. The molecule has 3 heterocycles. The van der Waals surface area contributed by atoms with E-state index in [0.717, 1.165) is 38.9 Å². The molecule has 2 aromatic carbocycles. The van der Waals surface area contributed by atoms with Crippen LogP contribution in [0.1, 0.15) is 25.3 Å². The zero-order valence-corrected chi connectivity index (χ0v) is 17.9. The molecule has 0 aliphatic carbocycles. The number of benzene rings is 2. The van der Waals surface area contributed by atoms with E-state index >= 15 is 0 Å². The van der Waals surface area contributed by atoms with Gasteiger partial charge in [0.25, 0.3) is 0 Å². The second-order valence-electron chi connectivity index (χ2n) is 7.91. The second kappa shape index (κ2) is 7.64. The van der Waals surface area contributed by atoms with Crippen molar-refractivity contribution in [2.45, 2.75) is 19.8 Å². The first kappa shape index (κ1) is 19.5. The third kappa shape index (κ3) is 3.39. The predicted molar refractivity (Wildman–Crippen MR) is 128 cm³/mol. The molecule has 0 bridgehead atoms. The summed E-state index contributed by atoms with van der Waals surface area (Å²) in [6, 6.07) is 19.7. The molecule has 0 unspecified atom stereocenters. The first-order valence-electron chi connectivity index (χ1n) is 10.2. The highest BCUT2D eigenvalue weighted by Crippen LogP contribution is 2.36. The Morgan fingerprint density at radius 1 is 0.968 bits per heavy atom. The van der Waals surface area contributed by atoms with Crippen molar-refractivity contribution in [3.63, 3.8) is 0 Å². The van der Waals surface area contributed by atoms with Crippen molar-refractivity contribution in [1.29, 1.82) is 0 Å². The number of aromatic nitrogens is 3. The van der Waals surface area contributed by atoms with Crippen LogP contribution in [0.2, 0.25) is 5.02 Å². The van der Waals surface area contributed by atoms with Crippen LogP contribution in [0.25, 0.3) is 44.3 Å². The Balaban J connectivity index is 1.87. The van der Waals surface area contributed by atoms with Crippen LogP contribution >= 0.6 is 11.6 Å². The topological polar surface area (TPSA) is 58.6 Å². The van der Waals surface area contributed by atoms with E-state index in [2.05, 4.69) is 9.97 Å². The van der Waals surface area contributed by atoms with Crippen molar-refractivity contribution in [1.82, 2.24) is 15.0 Å². The van der Waals surface area contributed by atoms with Crippen LogP contribution in [0, 0.1) is 0 Å². The van der Waals surface area contributed by atoms with Crippen LogP contribution in [0.4, 0.5) is 0 Å². The van der Waals surface area contributed by atoms with Gasteiger partial charge in [-0.25, -0.2) is 4.98 Å². The van der Waals surface area contributed by atoms with Gasteiger partial charge in [-0.3, -0.25) is 9.78 Å². The molecule has 0 spiro atoms. The van der Waals surface area contributed by atoms with E-state index in [4.69, 9.17) is 16.6 Å². The van der Waals surface area contributed by atoms with Crippen molar-refractivity contribution in [3.8, 4) is 22.4 Å². The largest absolute Gasteiger partial charge is 0.346 e. The van der Waals surface area contributed by atoms with E-state index in [-0.39, 0.29) is 11.3 Å². The number of rotatable bonds is 3. The molecule has 4 nitrogen and oxygen atoms in total. The summed E-state index contributed by atoms with van der Waals surface area (Å²) in [4.78, 5) is 25.7. The molecule has 5 aromatic rings. The molecule has 5 rings (SSSR count). The SMILES string of the molecule is CC(C)c1c[nH]c2nc(-c3ccccc3)c(-c3cc(Cl)c4ncccc4c3)cc2c1=O. The van der Waals surface area contributed by atoms with Gasteiger partial charge in [0, 0.05) is 34.5 Å². The molecule has 0 saturated heterocycles. The molecule has 3 aromatic heterocycles. The van der Waals surface area contributed by atoms with Gasteiger partial charge >= 0.3 is 0 Å². The molecule has 0 radical (unpaired) electrons. The van der Waals surface area contributed by atoms with Gasteiger partial charge in [0.15, 0.2) is 5.43 Å². The molecule has 1 N–H and O–H groups in total. The second-order valence-corrected chi connectivity index (χ2v) is 8.31. The van der Waals surface area contributed by atoms with Crippen LogP contribution in [0.15, 0.2) is 77.9 Å². The minimum Gasteiger partial charge on any atom is -0.346 e. The van der Waals surface area contributed by atoms with Crippen LogP contribution in [0.3, 0.4) is 0 Å². The maximum absolute atomic E-state index is 13.2. The lowest BCUT2D eigenvalue weighted by atomic mass is 9.96. The first-order chi connectivity index (χ1) is 15.0. The fourth-order valence-corrected chi connectivity index (χ4v) is 4.21. The number of hydrogen-bond acceptors (Lipinski definition) is 3. The lowest BCUT2D eigenvalue weighted by Gasteiger charge is -2.14. The summed E-state index contributed by atoms with van der Waals surface area (Å²) < 4.78 is 0. The molecule has 0 atom stereocenters. The van der Waals surface area contributed by atoms with Gasteiger partial charge in [-0.05, 0) is 35.7 Å². The van der Waals surface area contributed by atoms with E-state index in [1.807, 2.05) is 74.5 Å². The van der Waals surface area contributed by atoms with Gasteiger partial charge in [-0.15, -0.1) is 0 Å². The molecule has 5 heteroatoms. The Morgan fingerprint density at radius 3 is 2.55 bits per heavy atom. The van der Waals surface area contributed by atoms with Crippen molar-refractivity contribution >= 4 is 33.5 Å². The molecule has 152 valence electrons. The number of pyridine rings is 3. The summed E-state index contributed by atoms with van der Waals surface area (Å²) in [6.07, 6.45) is 3.50. The molecule has 0 saturated carbocycles. The van der Waals surface area contributed by atoms with Gasteiger partial charge in [0.1, 0.15) is 5.65 Å². The minimum absolute atomic E-state index is 0.00524. The molecular weight excluding hydrogens is 406 g/mol. The normalized spacial score (nSPS) is 11.5. The van der Waals surface area contributed by atoms with Crippen molar-refractivity contribution < 1.29 is 0 Å². The van der Waals surface area contributed by atoms with Crippen LogP contribution < -0.4 is 5.43 Å². The number of aromatic amines is 1. The van der Waals surface area contributed by atoms with Crippen molar-refractivity contribution in [2.24, 2.45) is 0 Å². The number of hydrogen-bond donors (Lipinski definition) is 1. The Labute approximate surface area is 184 Å². The number of H-pyrrole nitrogens is 1. The van der Waals surface area contributed by atoms with Crippen molar-refractivity contribution in [2.75, 3.05) is 0 Å². The molecule has 31 heavy (non-hydrogen) atoms. The summed E-state index contributed by atoms with van der Waals surface area (Å²) in [7, 11) is 0. The Morgan fingerprint density at radius 2 is 1.77 bits per heavy atom. The molecule has 0 aliphatic heterocycles. The van der Waals surface area contributed by atoms with Crippen LogP contribution in [-0.2, 0) is 0 Å². The summed E-state index contributed by atoms with van der Waals surface area (Å²) in [5.74, 6) is 0.117. The summed E-state index contributed by atoms with van der Waals surface area (Å²) in [5, 5.41) is 2.08. The highest BCUT2D eigenvalue weighted by atomic mass is 35.5. The van der Waals surface area contributed by atoms with Crippen LogP contribution in [-0.4, -0.2) is 15.0 Å². The minimum atomic E-state index is 0.00524. The fraction of sp³-hybridized carbons (Fsp3) is 0.115. The molecule has 0 fully saturated rings. The van der Waals surface area contributed by atoms with E-state index in [1.165, 1.54) is 0 Å². The van der Waals surface area contributed by atoms with Gasteiger partial charge in [0.2, 0.25) is 0 Å². The lowest BCUT2D eigenvalue weighted by Crippen LogP contribution is -2.12. The highest BCUT2D eigenvalue weighted by Gasteiger charge is 2.17. The average Bonchev–Trinajstić information content (AvgIpc) is 2.79. The highest BCUT2D eigenvalue weighted by molar-refractivity contribution is 6.35. The number of nitrogens with one attached hydrogen (secondary N) is 1. The maximum Gasteiger partial charge on any atom is 0.194 e. The fourth-order valence-electron chi connectivity index (χ4n) is 3.93. The molecule has 0 amide bonds. The van der Waals surface area contributed by atoms with Gasteiger partial charge < -0.3 is 4.98 Å². The van der Waals surface area contributed by atoms with E-state index in [9.17, 15) is 4.79 Å². The Hall–Kier alpha value is -3.50. The standard InChI is InChI=1S/C26H20ClN3O/c1-15(2)21-14-29-26-20(25(21)31)13-19(23(30-26)16-7-4-3-5-8-16)18-11-17-9-6-10-28-24(17)22(27)12-18/h3-15H,1-2H3,(H,29,30,31). The lowest BCUT2D eigenvalue weighted by molar-refractivity contribution is 0.852. The summed E-state index contributed by atoms with van der Waals surface area (Å²) in [6.45, 7) is 4.03. The van der Waals surface area contributed by atoms with E-state index < -0.39 is 0 Å². The quantitative estimate of drug-likeness (QED) is 0.355. The zero-order valence-electron chi connectivity index (χ0n) is 17.2. The Bertz CT molecular complexity index is 1490. The number of fused-ring (bicyclic) bond motifs is 2. The summed E-state index contributed by atoms with van der Waals surface area (Å²) >= 11 is 6.58. The average molecular weight is 426 g/mol. The zero-order chi connectivity index (χ0) is 21.5. The predicted octanol–water partition coefficient (Wildman–Crippen LogP) is 6.58. The third-order valence-electron chi connectivity index (χ3n) is 5.53. The molecule has 0 aliphatic rings. The first-order valence-corrected chi connectivity index (χ1v) is 10.6. The monoisotopic (exact) mass is 425 g/mol. The van der Waals surface area contributed by atoms with E-state index in [0.29, 0.717) is 16.1 Å². The smallest absolute Gasteiger partial charge is 0.194 e. The van der Waals surface area contributed by atoms with Gasteiger partial charge in [-0.1, -0.05) is 61.8 Å². The molecular formula is C26H20ClN3O. The van der Waals surface area contributed by atoms with Crippen molar-refractivity contribution in [3.05, 3.63) is 93.9 Å². The number of halogens is 1. The summed E-state index contributed by atoms with van der Waals surface area (Å²) in [5.41, 5.74) is 5.59.